The van der Waals surface area contributed by atoms with Crippen LogP contribution in [0.3, 0.4) is 0 Å². The highest BCUT2D eigenvalue weighted by atomic mass is 19.1. The summed E-state index contributed by atoms with van der Waals surface area (Å²) in [7, 11) is 0. The van der Waals surface area contributed by atoms with E-state index in [1.54, 1.807) is 4.52 Å². The molecular formula is C17H19FN8. The van der Waals surface area contributed by atoms with E-state index in [0.717, 1.165) is 36.8 Å². The van der Waals surface area contributed by atoms with Crippen LogP contribution in [0.1, 0.15) is 24.9 Å². The van der Waals surface area contributed by atoms with Crippen LogP contribution in [0.15, 0.2) is 18.5 Å². The molecule has 2 bridgehead atoms. The number of nitrogens with zero attached hydrogens (tertiary/aromatic N) is 8. The van der Waals surface area contributed by atoms with Gasteiger partial charge in [-0.2, -0.15) is 4.52 Å². The van der Waals surface area contributed by atoms with Crippen molar-refractivity contribution in [2.45, 2.75) is 38.8 Å². The molecule has 26 heavy (non-hydrogen) atoms. The second-order valence-corrected chi connectivity index (χ2v) is 6.88. The second kappa shape index (κ2) is 5.58. The molecule has 2 unspecified atom stereocenters. The highest BCUT2D eigenvalue weighted by Gasteiger charge is 2.46. The molecule has 3 aliphatic rings. The first-order chi connectivity index (χ1) is 12.7. The number of anilines is 2. The molecule has 0 N–H and O–H groups in total. The Morgan fingerprint density at radius 1 is 1.15 bits per heavy atom. The quantitative estimate of drug-likeness (QED) is 0.703. The van der Waals surface area contributed by atoms with E-state index in [-0.39, 0.29) is 5.82 Å². The number of piperazine rings is 1. The zero-order chi connectivity index (χ0) is 17.8. The van der Waals surface area contributed by atoms with Crippen LogP contribution < -0.4 is 9.80 Å². The molecule has 134 valence electrons. The molecule has 0 aliphatic carbocycles. The smallest absolute Gasteiger partial charge is 0.187 e. The first-order valence-corrected chi connectivity index (χ1v) is 8.87. The van der Waals surface area contributed by atoms with Crippen LogP contribution in [0.5, 0.6) is 0 Å². The van der Waals surface area contributed by atoms with Crippen molar-refractivity contribution in [2.75, 3.05) is 22.9 Å². The van der Waals surface area contributed by atoms with E-state index < -0.39 is 0 Å². The SMILES string of the molecule is CCc1ncnc(N2CC3CC(C2)N3c2ccc3nnc(C)n3n2)c1F. The van der Waals surface area contributed by atoms with Crippen molar-refractivity contribution < 1.29 is 4.39 Å². The van der Waals surface area contributed by atoms with E-state index in [4.69, 9.17) is 0 Å². The van der Waals surface area contributed by atoms with Gasteiger partial charge in [0.2, 0.25) is 0 Å². The van der Waals surface area contributed by atoms with Crippen molar-refractivity contribution in [1.82, 2.24) is 29.8 Å². The Morgan fingerprint density at radius 2 is 1.96 bits per heavy atom. The van der Waals surface area contributed by atoms with Crippen LogP contribution in [0, 0.1) is 12.7 Å². The third-order valence-electron chi connectivity index (χ3n) is 5.34. The summed E-state index contributed by atoms with van der Waals surface area (Å²) in [6, 6.07) is 4.52. The summed E-state index contributed by atoms with van der Waals surface area (Å²) in [5.41, 5.74) is 1.22. The van der Waals surface area contributed by atoms with Crippen molar-refractivity contribution in [3.63, 3.8) is 0 Å². The predicted molar refractivity (Wildman–Crippen MR) is 93.8 cm³/mol. The molecule has 3 aromatic rings. The average molecular weight is 354 g/mol. The number of piperidine rings is 1. The highest BCUT2D eigenvalue weighted by Crippen LogP contribution is 2.37. The third kappa shape index (κ3) is 2.16. The lowest BCUT2D eigenvalue weighted by molar-refractivity contribution is 0.285. The van der Waals surface area contributed by atoms with Gasteiger partial charge in [0.05, 0.1) is 17.8 Å². The Kier molecular flexibility index (Phi) is 3.31. The fourth-order valence-electron chi connectivity index (χ4n) is 4.04. The molecule has 0 spiro atoms. The summed E-state index contributed by atoms with van der Waals surface area (Å²) in [6.45, 7) is 5.25. The molecular weight excluding hydrogens is 335 g/mol. The molecule has 8 nitrogen and oxygen atoms in total. The molecule has 0 saturated carbocycles. The maximum Gasteiger partial charge on any atom is 0.187 e. The number of aryl methyl sites for hydroxylation is 2. The fraction of sp³-hybridized carbons (Fsp3) is 0.471. The standard InChI is InChI=1S/C17H19FN8/c1-3-13-16(18)17(20-9-19-13)24-7-11-6-12(8-24)25(11)15-5-4-14-22-21-10(2)26(14)23-15/h4-5,9,11-12H,3,6-8H2,1-2H3. The van der Waals surface area contributed by atoms with Crippen LogP contribution in [0.4, 0.5) is 16.0 Å². The van der Waals surface area contributed by atoms with Crippen molar-refractivity contribution in [2.24, 2.45) is 0 Å². The Balaban J connectivity index is 1.41. The molecule has 0 aromatic carbocycles. The highest BCUT2D eigenvalue weighted by molar-refractivity contribution is 5.54. The maximum absolute atomic E-state index is 14.6. The summed E-state index contributed by atoms with van der Waals surface area (Å²) in [5.74, 6) is 1.81. The van der Waals surface area contributed by atoms with Gasteiger partial charge in [0.1, 0.15) is 12.1 Å². The molecule has 0 amide bonds. The average Bonchev–Trinajstić information content (AvgIpc) is 3.02. The van der Waals surface area contributed by atoms with Crippen molar-refractivity contribution in [3.8, 4) is 0 Å². The third-order valence-corrected chi connectivity index (χ3v) is 5.34. The molecule has 9 heteroatoms. The van der Waals surface area contributed by atoms with Gasteiger partial charge in [-0.3, -0.25) is 0 Å². The number of aromatic nitrogens is 6. The van der Waals surface area contributed by atoms with Gasteiger partial charge in [-0.1, -0.05) is 6.92 Å². The van der Waals surface area contributed by atoms with Gasteiger partial charge in [0, 0.05) is 13.1 Å². The van der Waals surface area contributed by atoms with Gasteiger partial charge in [0.25, 0.3) is 0 Å². The minimum Gasteiger partial charge on any atom is -0.350 e. The first-order valence-electron chi connectivity index (χ1n) is 8.87. The van der Waals surface area contributed by atoms with Crippen molar-refractivity contribution >= 4 is 17.3 Å². The van der Waals surface area contributed by atoms with Gasteiger partial charge in [-0.05, 0) is 31.9 Å². The number of rotatable bonds is 3. The molecule has 6 rings (SSSR count). The number of halogens is 1. The Hall–Kier alpha value is -2.84. The number of hydrogen-bond acceptors (Lipinski definition) is 7. The molecule has 3 aromatic heterocycles. The Morgan fingerprint density at radius 3 is 2.73 bits per heavy atom. The summed E-state index contributed by atoms with van der Waals surface area (Å²) in [4.78, 5) is 12.6. The minimum absolute atomic E-state index is 0.289. The summed E-state index contributed by atoms with van der Waals surface area (Å²) >= 11 is 0. The first kappa shape index (κ1) is 15.4. The van der Waals surface area contributed by atoms with Crippen LogP contribution in [0.25, 0.3) is 5.65 Å². The zero-order valence-corrected chi connectivity index (χ0v) is 14.7. The van der Waals surface area contributed by atoms with Gasteiger partial charge < -0.3 is 9.80 Å². The van der Waals surface area contributed by atoms with Gasteiger partial charge in [-0.15, -0.1) is 15.3 Å². The number of hydrogen-bond donors (Lipinski definition) is 0. The predicted octanol–water partition coefficient (Wildman–Crippen LogP) is 1.39. The lowest BCUT2D eigenvalue weighted by atomic mass is 9.87. The van der Waals surface area contributed by atoms with E-state index in [2.05, 4.69) is 30.2 Å². The van der Waals surface area contributed by atoms with E-state index in [0.29, 0.717) is 30.0 Å². The maximum atomic E-state index is 14.6. The van der Waals surface area contributed by atoms with Crippen LogP contribution >= 0.6 is 0 Å². The minimum atomic E-state index is -0.289. The van der Waals surface area contributed by atoms with Crippen molar-refractivity contribution in [3.05, 3.63) is 35.8 Å². The van der Waals surface area contributed by atoms with E-state index >= 15 is 0 Å². The summed E-state index contributed by atoms with van der Waals surface area (Å²) in [5, 5.41) is 12.8. The van der Waals surface area contributed by atoms with E-state index in [9.17, 15) is 4.39 Å². The molecule has 3 saturated heterocycles. The molecule has 3 aliphatic heterocycles. The molecule has 6 heterocycles. The second-order valence-electron chi connectivity index (χ2n) is 6.88. The Bertz CT molecular complexity index is 974. The topological polar surface area (TPSA) is 75.3 Å². The Labute approximate surface area is 149 Å². The molecule has 0 radical (unpaired) electrons. The van der Waals surface area contributed by atoms with Crippen LogP contribution in [0.2, 0.25) is 0 Å². The lowest BCUT2D eigenvalue weighted by Gasteiger charge is -2.57. The molecule has 3 fully saturated rings. The van der Waals surface area contributed by atoms with E-state index in [1.165, 1.54) is 6.33 Å². The van der Waals surface area contributed by atoms with Gasteiger partial charge >= 0.3 is 0 Å². The van der Waals surface area contributed by atoms with Gasteiger partial charge in [-0.25, -0.2) is 14.4 Å². The normalized spacial score (nSPS) is 22.0. The van der Waals surface area contributed by atoms with Gasteiger partial charge in [0.15, 0.2) is 23.1 Å². The van der Waals surface area contributed by atoms with Crippen LogP contribution in [-0.2, 0) is 6.42 Å². The fourth-order valence-corrected chi connectivity index (χ4v) is 4.04. The molecule has 2 atom stereocenters. The summed E-state index contributed by atoms with van der Waals surface area (Å²) in [6.07, 6.45) is 3.11. The largest absolute Gasteiger partial charge is 0.350 e. The number of fused-ring (bicyclic) bond motifs is 3. The monoisotopic (exact) mass is 354 g/mol. The van der Waals surface area contributed by atoms with Crippen molar-refractivity contribution in [1.29, 1.82) is 0 Å². The van der Waals surface area contributed by atoms with E-state index in [1.807, 2.05) is 30.9 Å². The lowest BCUT2D eigenvalue weighted by Crippen LogP contribution is -2.69. The zero-order valence-electron chi connectivity index (χ0n) is 14.7. The van der Waals surface area contributed by atoms with Crippen LogP contribution in [-0.4, -0.2) is 55.0 Å². The summed E-state index contributed by atoms with van der Waals surface area (Å²) < 4.78 is 16.4.